The monoisotopic (exact) mass is 423 g/mol. The minimum atomic E-state index is -3.71. The van der Waals surface area contributed by atoms with Crippen molar-refractivity contribution in [2.75, 3.05) is 13.1 Å². The predicted octanol–water partition coefficient (Wildman–Crippen LogP) is 4.15. The minimum absolute atomic E-state index is 0.00155. The van der Waals surface area contributed by atoms with E-state index in [0.29, 0.717) is 23.1 Å². The molecular formula is C21H30FN3O3S. The lowest BCUT2D eigenvalue weighted by Crippen LogP contribution is -2.43. The van der Waals surface area contributed by atoms with Crippen molar-refractivity contribution in [3.63, 3.8) is 0 Å². The van der Waals surface area contributed by atoms with Crippen molar-refractivity contribution in [3.8, 4) is 0 Å². The van der Waals surface area contributed by atoms with Gasteiger partial charge in [0.15, 0.2) is 11.5 Å². The highest BCUT2D eigenvalue weighted by Gasteiger charge is 2.44. The van der Waals surface area contributed by atoms with E-state index >= 15 is 4.39 Å². The van der Waals surface area contributed by atoms with E-state index in [0.717, 1.165) is 22.3 Å². The molecule has 6 nitrogen and oxygen atoms in total. The standard InChI is InChI=1S/C21H30FN3O3S/c1-13(2)11-18-23-20(28-24-18)21(22)7-9-25(10-8-21)29(26,27)19-16(5)14(3)12-15(4)17(19)6/h12-13H,7-11H2,1-6H3. The highest BCUT2D eigenvalue weighted by Crippen LogP contribution is 2.38. The van der Waals surface area contributed by atoms with Gasteiger partial charge in [-0.15, -0.1) is 0 Å². The van der Waals surface area contributed by atoms with Gasteiger partial charge in [0.1, 0.15) is 0 Å². The number of sulfonamides is 1. The summed E-state index contributed by atoms with van der Waals surface area (Å²) >= 11 is 0. The van der Waals surface area contributed by atoms with Crippen molar-refractivity contribution in [1.82, 2.24) is 14.4 Å². The van der Waals surface area contributed by atoms with Gasteiger partial charge in [-0.2, -0.15) is 9.29 Å². The average Bonchev–Trinajstić information content (AvgIpc) is 3.09. The molecule has 0 radical (unpaired) electrons. The zero-order valence-corrected chi connectivity index (χ0v) is 18.9. The fraction of sp³-hybridized carbons (Fsp3) is 0.619. The van der Waals surface area contributed by atoms with E-state index in [1.54, 1.807) is 0 Å². The zero-order valence-electron chi connectivity index (χ0n) is 18.0. The molecule has 1 aromatic carbocycles. The van der Waals surface area contributed by atoms with Crippen LogP contribution in [0.5, 0.6) is 0 Å². The lowest BCUT2D eigenvalue weighted by molar-refractivity contribution is 0.0511. The Bertz CT molecular complexity index is 980. The van der Waals surface area contributed by atoms with Crippen LogP contribution in [0.25, 0.3) is 0 Å². The van der Waals surface area contributed by atoms with Gasteiger partial charge in [0, 0.05) is 32.4 Å². The van der Waals surface area contributed by atoms with Gasteiger partial charge in [-0.1, -0.05) is 25.1 Å². The Morgan fingerprint density at radius 3 is 2.21 bits per heavy atom. The van der Waals surface area contributed by atoms with Gasteiger partial charge in [0.25, 0.3) is 5.89 Å². The minimum Gasteiger partial charge on any atom is -0.336 e. The number of aryl methyl sites for hydroxylation is 2. The maximum atomic E-state index is 15.5. The summed E-state index contributed by atoms with van der Waals surface area (Å²) in [6.45, 7) is 11.7. The first kappa shape index (κ1) is 21.9. The summed E-state index contributed by atoms with van der Waals surface area (Å²) in [5, 5.41) is 3.88. The SMILES string of the molecule is Cc1cc(C)c(C)c(S(=O)(=O)N2CCC(F)(c3nc(CC(C)C)no3)CC2)c1C. The summed E-state index contributed by atoms with van der Waals surface area (Å²) in [7, 11) is -3.71. The summed E-state index contributed by atoms with van der Waals surface area (Å²) in [5.74, 6) is 0.791. The Morgan fingerprint density at radius 1 is 1.14 bits per heavy atom. The highest BCUT2D eigenvalue weighted by atomic mass is 32.2. The third-order valence-electron chi connectivity index (χ3n) is 5.85. The Hall–Kier alpha value is -1.80. The molecule has 2 heterocycles. The van der Waals surface area contributed by atoms with Crippen LogP contribution < -0.4 is 0 Å². The Morgan fingerprint density at radius 2 is 1.69 bits per heavy atom. The maximum Gasteiger partial charge on any atom is 0.264 e. The first-order valence-electron chi connectivity index (χ1n) is 10.0. The van der Waals surface area contributed by atoms with Crippen LogP contribution >= 0.6 is 0 Å². The van der Waals surface area contributed by atoms with E-state index in [-0.39, 0.29) is 31.8 Å². The lowest BCUT2D eigenvalue weighted by Gasteiger charge is -2.34. The number of rotatable bonds is 5. The summed E-state index contributed by atoms with van der Waals surface area (Å²) in [5.41, 5.74) is 1.58. The zero-order chi connectivity index (χ0) is 21.6. The van der Waals surface area contributed by atoms with Gasteiger partial charge < -0.3 is 4.52 Å². The van der Waals surface area contributed by atoms with Crippen LogP contribution in [0.2, 0.25) is 0 Å². The molecule has 3 rings (SSSR count). The highest BCUT2D eigenvalue weighted by molar-refractivity contribution is 7.89. The molecule has 0 spiro atoms. The van der Waals surface area contributed by atoms with Crippen molar-refractivity contribution >= 4 is 10.0 Å². The molecule has 160 valence electrons. The molecule has 1 saturated heterocycles. The molecule has 0 N–H and O–H groups in total. The number of aromatic nitrogens is 2. The van der Waals surface area contributed by atoms with Crippen LogP contribution in [0.4, 0.5) is 4.39 Å². The van der Waals surface area contributed by atoms with Crippen molar-refractivity contribution in [3.05, 3.63) is 40.0 Å². The van der Waals surface area contributed by atoms with E-state index in [4.69, 9.17) is 4.52 Å². The van der Waals surface area contributed by atoms with Crippen molar-refractivity contribution in [1.29, 1.82) is 0 Å². The normalized spacial score (nSPS) is 17.8. The number of hydrogen-bond donors (Lipinski definition) is 0. The molecule has 0 aliphatic carbocycles. The van der Waals surface area contributed by atoms with Gasteiger partial charge in [-0.3, -0.25) is 0 Å². The first-order valence-corrected chi connectivity index (χ1v) is 11.5. The summed E-state index contributed by atoms with van der Waals surface area (Å²) in [6, 6.07) is 2.00. The Balaban J connectivity index is 1.83. The number of halogens is 1. The van der Waals surface area contributed by atoms with E-state index in [1.165, 1.54) is 4.31 Å². The van der Waals surface area contributed by atoms with Gasteiger partial charge in [-0.25, -0.2) is 12.8 Å². The number of alkyl halides is 1. The number of benzene rings is 1. The fourth-order valence-corrected chi connectivity index (χ4v) is 5.89. The lowest BCUT2D eigenvalue weighted by atomic mass is 9.94. The molecule has 1 aliphatic rings. The molecule has 0 amide bonds. The van der Waals surface area contributed by atoms with Crippen molar-refractivity contribution in [2.45, 2.75) is 71.4 Å². The van der Waals surface area contributed by atoms with Crippen LogP contribution in [0.1, 0.15) is 60.7 Å². The average molecular weight is 424 g/mol. The van der Waals surface area contributed by atoms with Crippen molar-refractivity contribution < 1.29 is 17.3 Å². The fourth-order valence-electron chi connectivity index (χ4n) is 3.88. The molecule has 0 saturated carbocycles. The number of piperidine rings is 1. The Kier molecular flexibility index (Phi) is 5.89. The molecule has 29 heavy (non-hydrogen) atoms. The van der Waals surface area contributed by atoms with E-state index in [2.05, 4.69) is 10.1 Å². The van der Waals surface area contributed by atoms with Crippen LogP contribution in [-0.2, 0) is 22.1 Å². The van der Waals surface area contributed by atoms with Gasteiger partial charge >= 0.3 is 0 Å². The molecule has 0 atom stereocenters. The first-order chi connectivity index (χ1) is 13.5. The smallest absolute Gasteiger partial charge is 0.264 e. The summed E-state index contributed by atoms with van der Waals surface area (Å²) in [4.78, 5) is 4.57. The second kappa shape index (κ2) is 7.80. The molecule has 1 aliphatic heterocycles. The van der Waals surface area contributed by atoms with Gasteiger partial charge in [0.05, 0.1) is 4.90 Å². The largest absolute Gasteiger partial charge is 0.336 e. The van der Waals surface area contributed by atoms with Gasteiger partial charge in [0.2, 0.25) is 10.0 Å². The molecule has 0 bridgehead atoms. The molecule has 1 aromatic heterocycles. The topological polar surface area (TPSA) is 76.3 Å². The van der Waals surface area contributed by atoms with E-state index in [9.17, 15) is 8.42 Å². The molecule has 8 heteroatoms. The predicted molar refractivity (Wildman–Crippen MR) is 109 cm³/mol. The summed E-state index contributed by atoms with van der Waals surface area (Å²) < 4.78 is 48.8. The van der Waals surface area contributed by atoms with Crippen LogP contribution in [0, 0.1) is 33.6 Å². The number of nitrogens with zero attached hydrogens (tertiary/aromatic N) is 3. The molecule has 2 aromatic rings. The van der Waals surface area contributed by atoms with Crippen molar-refractivity contribution in [2.24, 2.45) is 5.92 Å². The van der Waals surface area contributed by atoms with Crippen LogP contribution in [-0.4, -0.2) is 36.0 Å². The second-order valence-electron chi connectivity index (χ2n) is 8.57. The van der Waals surface area contributed by atoms with E-state index < -0.39 is 15.7 Å². The summed E-state index contributed by atoms with van der Waals surface area (Å²) in [6.07, 6.45) is 0.613. The Labute approximate surface area is 172 Å². The third kappa shape index (κ3) is 4.10. The molecule has 0 unspecified atom stereocenters. The van der Waals surface area contributed by atoms with Gasteiger partial charge in [-0.05, 0) is 55.9 Å². The number of hydrogen-bond acceptors (Lipinski definition) is 5. The molecule has 1 fully saturated rings. The maximum absolute atomic E-state index is 15.5. The van der Waals surface area contributed by atoms with E-state index in [1.807, 2.05) is 47.6 Å². The van der Waals surface area contributed by atoms with Crippen LogP contribution in [0.15, 0.2) is 15.5 Å². The third-order valence-corrected chi connectivity index (χ3v) is 8.03. The second-order valence-corrected chi connectivity index (χ2v) is 10.4. The molecular weight excluding hydrogens is 393 g/mol. The quantitative estimate of drug-likeness (QED) is 0.722. The van der Waals surface area contributed by atoms with Crippen LogP contribution in [0.3, 0.4) is 0 Å².